The fraction of sp³-hybridized carbons (Fsp3) is 0.211. The van der Waals surface area contributed by atoms with Gasteiger partial charge in [0.15, 0.2) is 0 Å². The molecule has 0 spiro atoms. The van der Waals surface area contributed by atoms with Gasteiger partial charge in [-0.2, -0.15) is 0 Å². The molecule has 0 bridgehead atoms. The molecule has 6 nitrogen and oxygen atoms in total. The number of carbonyl (C=O) groups excluding carboxylic acids is 2. The molecule has 4 rings (SSSR count). The number of aromatic amines is 1. The van der Waals surface area contributed by atoms with Gasteiger partial charge in [-0.25, -0.2) is 0 Å². The highest BCUT2D eigenvalue weighted by Crippen LogP contribution is 2.27. The number of benzene rings is 1. The van der Waals surface area contributed by atoms with Gasteiger partial charge in [-0.3, -0.25) is 14.6 Å². The zero-order valence-electron chi connectivity index (χ0n) is 13.9. The van der Waals surface area contributed by atoms with E-state index in [-0.39, 0.29) is 11.8 Å². The lowest BCUT2D eigenvalue weighted by molar-refractivity contribution is -0.121. The number of nitrogens with one attached hydrogen (secondary N) is 2. The van der Waals surface area contributed by atoms with Gasteiger partial charge in [-0.05, 0) is 37.1 Å². The van der Waals surface area contributed by atoms with E-state index in [0.29, 0.717) is 18.5 Å². The Kier molecular flexibility index (Phi) is 4.46. The normalized spacial score (nSPS) is 17.5. The van der Waals surface area contributed by atoms with Crippen LogP contribution in [-0.2, 0) is 4.79 Å². The Bertz CT molecular complexity index is 970. The molecule has 2 amide bonds. The van der Waals surface area contributed by atoms with Crippen LogP contribution in [0.15, 0.2) is 53.4 Å². The third-order valence-electron chi connectivity index (χ3n) is 4.60. The van der Waals surface area contributed by atoms with Crippen molar-refractivity contribution in [2.45, 2.75) is 18.9 Å². The van der Waals surface area contributed by atoms with E-state index in [1.807, 2.05) is 24.3 Å². The predicted octanol–water partition coefficient (Wildman–Crippen LogP) is 3.25. The molecule has 3 heterocycles. The summed E-state index contributed by atoms with van der Waals surface area (Å²) >= 11 is 3.49. The van der Waals surface area contributed by atoms with Crippen LogP contribution >= 0.6 is 15.9 Å². The molecule has 132 valence electrons. The number of fused-ring (bicyclic) bond motifs is 1. The molecule has 0 radical (unpaired) electrons. The minimum atomic E-state index is -0.538. The first-order chi connectivity index (χ1) is 12.6. The molecule has 0 saturated carbocycles. The number of halogens is 1. The molecule has 1 fully saturated rings. The number of pyridine rings is 1. The summed E-state index contributed by atoms with van der Waals surface area (Å²) in [6.45, 7) is 0.634. The van der Waals surface area contributed by atoms with Gasteiger partial charge in [0, 0.05) is 34.3 Å². The van der Waals surface area contributed by atoms with Crippen LogP contribution in [0.1, 0.15) is 23.2 Å². The molecular formula is C19H17BrN4O2. The topological polar surface area (TPSA) is 78.1 Å². The summed E-state index contributed by atoms with van der Waals surface area (Å²) in [5.41, 5.74) is 2.15. The number of nitrogens with zero attached hydrogens (tertiary/aromatic N) is 2. The summed E-state index contributed by atoms with van der Waals surface area (Å²) in [5.74, 6) is -0.356. The molecule has 2 N–H and O–H groups in total. The van der Waals surface area contributed by atoms with Crippen molar-refractivity contribution >= 4 is 44.3 Å². The van der Waals surface area contributed by atoms with Crippen LogP contribution in [0.5, 0.6) is 0 Å². The molecule has 2 aromatic heterocycles. The second kappa shape index (κ2) is 6.92. The number of piperidine rings is 1. The van der Waals surface area contributed by atoms with Crippen LogP contribution < -0.4 is 10.2 Å². The average molecular weight is 413 g/mol. The number of anilines is 1. The van der Waals surface area contributed by atoms with Crippen molar-refractivity contribution in [1.82, 2.24) is 15.3 Å². The number of carbonyl (C=O) groups is 2. The van der Waals surface area contributed by atoms with Crippen LogP contribution in [0.25, 0.3) is 10.9 Å². The summed E-state index contributed by atoms with van der Waals surface area (Å²) in [5, 5.41) is 3.72. The molecule has 1 aliphatic heterocycles. The van der Waals surface area contributed by atoms with Crippen LogP contribution in [0.3, 0.4) is 0 Å². The largest absolute Gasteiger partial charge is 0.360 e. The second-order valence-corrected chi connectivity index (χ2v) is 7.09. The molecule has 1 aliphatic rings. The summed E-state index contributed by atoms with van der Waals surface area (Å²) in [7, 11) is 0. The Morgan fingerprint density at radius 3 is 3.00 bits per heavy atom. The molecule has 0 aliphatic carbocycles. The summed E-state index contributed by atoms with van der Waals surface area (Å²) in [6.07, 6.45) is 6.47. The predicted molar refractivity (Wildman–Crippen MR) is 103 cm³/mol. The van der Waals surface area contributed by atoms with Crippen molar-refractivity contribution in [2.24, 2.45) is 0 Å². The molecule has 1 aromatic carbocycles. The standard InChI is InChI=1S/C19H17BrN4O2/c20-14-5-1-6-15-17(14)13(11-22-15)18(25)23-16-7-3-9-24(19(16)26)12-4-2-8-21-10-12/h1-2,4-6,8,10-11,16,22H,3,7,9H2,(H,23,25). The summed E-state index contributed by atoms with van der Waals surface area (Å²) in [4.78, 5) is 34.5. The maximum atomic E-state index is 12.8. The van der Waals surface area contributed by atoms with Crippen LogP contribution in [0, 0.1) is 0 Å². The number of rotatable bonds is 3. The van der Waals surface area contributed by atoms with E-state index < -0.39 is 6.04 Å². The Morgan fingerprint density at radius 2 is 2.19 bits per heavy atom. The maximum absolute atomic E-state index is 12.8. The first-order valence-corrected chi connectivity index (χ1v) is 9.22. The van der Waals surface area contributed by atoms with Crippen molar-refractivity contribution < 1.29 is 9.59 Å². The van der Waals surface area contributed by atoms with E-state index in [9.17, 15) is 9.59 Å². The number of H-pyrrole nitrogens is 1. The Morgan fingerprint density at radius 1 is 1.31 bits per heavy atom. The van der Waals surface area contributed by atoms with Gasteiger partial charge >= 0.3 is 0 Å². The van der Waals surface area contributed by atoms with Crippen LogP contribution in [-0.4, -0.2) is 34.4 Å². The maximum Gasteiger partial charge on any atom is 0.254 e. The van der Waals surface area contributed by atoms with Gasteiger partial charge < -0.3 is 15.2 Å². The quantitative estimate of drug-likeness (QED) is 0.692. The third kappa shape index (κ3) is 2.99. The van der Waals surface area contributed by atoms with E-state index >= 15 is 0 Å². The van der Waals surface area contributed by atoms with E-state index in [1.54, 1.807) is 29.6 Å². The smallest absolute Gasteiger partial charge is 0.254 e. The highest BCUT2D eigenvalue weighted by Gasteiger charge is 2.31. The first kappa shape index (κ1) is 16.8. The van der Waals surface area contributed by atoms with Gasteiger partial charge in [-0.1, -0.05) is 22.0 Å². The SMILES string of the molecule is O=C(NC1CCCN(c2cccnc2)C1=O)c1c[nH]c2cccc(Br)c12. The molecule has 1 atom stereocenters. The Balaban J connectivity index is 1.56. The van der Waals surface area contributed by atoms with Gasteiger partial charge in [0.25, 0.3) is 5.91 Å². The Hall–Kier alpha value is -2.67. The van der Waals surface area contributed by atoms with Gasteiger partial charge in [0.05, 0.1) is 17.4 Å². The van der Waals surface area contributed by atoms with E-state index in [0.717, 1.165) is 27.5 Å². The van der Waals surface area contributed by atoms with Crippen LogP contribution in [0.2, 0.25) is 0 Å². The molecule has 3 aromatic rings. The number of hydrogen-bond acceptors (Lipinski definition) is 3. The molecular weight excluding hydrogens is 396 g/mol. The highest BCUT2D eigenvalue weighted by atomic mass is 79.9. The van der Waals surface area contributed by atoms with Gasteiger partial charge in [0.1, 0.15) is 6.04 Å². The van der Waals surface area contributed by atoms with Crippen molar-refractivity contribution in [3.05, 3.63) is 59.0 Å². The van der Waals surface area contributed by atoms with Gasteiger partial charge in [0.2, 0.25) is 5.91 Å². The average Bonchev–Trinajstić information content (AvgIpc) is 3.10. The lowest BCUT2D eigenvalue weighted by Crippen LogP contribution is -2.52. The minimum absolute atomic E-state index is 0.100. The van der Waals surface area contributed by atoms with E-state index in [2.05, 4.69) is 31.2 Å². The minimum Gasteiger partial charge on any atom is -0.360 e. The first-order valence-electron chi connectivity index (χ1n) is 8.43. The van der Waals surface area contributed by atoms with Crippen molar-refractivity contribution in [2.75, 3.05) is 11.4 Å². The zero-order valence-corrected chi connectivity index (χ0v) is 15.5. The lowest BCUT2D eigenvalue weighted by atomic mass is 10.0. The Labute approximate surface area is 158 Å². The number of amides is 2. The monoisotopic (exact) mass is 412 g/mol. The van der Waals surface area contributed by atoms with Crippen molar-refractivity contribution in [3.8, 4) is 0 Å². The number of hydrogen-bond donors (Lipinski definition) is 2. The lowest BCUT2D eigenvalue weighted by Gasteiger charge is -2.32. The fourth-order valence-corrected chi connectivity index (χ4v) is 3.91. The molecule has 26 heavy (non-hydrogen) atoms. The zero-order chi connectivity index (χ0) is 18.1. The summed E-state index contributed by atoms with van der Waals surface area (Å²) < 4.78 is 0.841. The molecule has 7 heteroatoms. The van der Waals surface area contributed by atoms with Gasteiger partial charge in [-0.15, -0.1) is 0 Å². The van der Waals surface area contributed by atoms with Crippen LogP contribution in [0.4, 0.5) is 5.69 Å². The molecule has 1 unspecified atom stereocenters. The molecule has 1 saturated heterocycles. The van der Waals surface area contributed by atoms with Crippen molar-refractivity contribution in [3.63, 3.8) is 0 Å². The van der Waals surface area contributed by atoms with E-state index in [1.165, 1.54) is 0 Å². The fourth-order valence-electron chi connectivity index (χ4n) is 3.33. The van der Waals surface area contributed by atoms with Crippen molar-refractivity contribution in [1.29, 1.82) is 0 Å². The summed E-state index contributed by atoms with van der Waals surface area (Å²) in [6, 6.07) is 8.82. The van der Waals surface area contributed by atoms with E-state index in [4.69, 9.17) is 0 Å². The second-order valence-electron chi connectivity index (χ2n) is 6.23. The third-order valence-corrected chi connectivity index (χ3v) is 5.26. The highest BCUT2D eigenvalue weighted by molar-refractivity contribution is 9.10. The number of aromatic nitrogens is 2.